The smallest absolute Gasteiger partial charge is 0.206 e. The van der Waals surface area contributed by atoms with Crippen LogP contribution in [-0.4, -0.2) is 29.9 Å². The van der Waals surface area contributed by atoms with Crippen LogP contribution in [0.3, 0.4) is 0 Å². The summed E-state index contributed by atoms with van der Waals surface area (Å²) in [5.41, 5.74) is 4.62. The molecule has 3 aromatic heterocycles. The van der Waals surface area contributed by atoms with Crippen LogP contribution in [0.4, 0.5) is 17.1 Å². The molecular weight excluding hydrogens is 528 g/mol. The number of nitrogens with zero attached hydrogens (tertiary/aromatic N) is 12. The Balaban J connectivity index is 1.74. The highest BCUT2D eigenvalue weighted by Gasteiger charge is 2.21. The first kappa shape index (κ1) is 23.7. The van der Waals surface area contributed by atoms with E-state index in [4.69, 9.17) is 49.6 Å². The van der Waals surface area contributed by atoms with E-state index in [1.807, 2.05) is 18.2 Å². The van der Waals surface area contributed by atoms with Gasteiger partial charge in [0.15, 0.2) is 11.4 Å². The third-order valence-electron chi connectivity index (χ3n) is 6.74. The van der Waals surface area contributed by atoms with E-state index in [0.717, 1.165) is 0 Å². The molecule has 7 aromatic rings. The van der Waals surface area contributed by atoms with Crippen LogP contribution < -0.4 is 0 Å². The molecule has 0 fully saturated rings. The first-order valence-electron chi connectivity index (χ1n) is 11.9. The molecule has 3 heterocycles. The summed E-state index contributed by atoms with van der Waals surface area (Å²) in [7, 11) is 0. The van der Waals surface area contributed by atoms with Crippen LogP contribution in [0.5, 0.6) is 0 Å². The van der Waals surface area contributed by atoms with Gasteiger partial charge in [0.25, 0.3) is 0 Å². The van der Waals surface area contributed by atoms with Crippen molar-refractivity contribution < 1.29 is 0 Å². The van der Waals surface area contributed by atoms with Crippen molar-refractivity contribution in [2.45, 2.75) is 0 Å². The standard InChI is InChI=1S/C30H6N12/c1-34-16-7-22-21(6-15(16)12-33)39-27-25-26(38-20-5-14(11-32)13(10-31)4-19(20)37-25)29-30(28(27)40-22)42-24-9-18(36-3)17(35-2)8-23(24)41-29/h4-9H. The van der Waals surface area contributed by atoms with Gasteiger partial charge < -0.3 is 0 Å². The zero-order valence-electron chi connectivity index (χ0n) is 20.8. The van der Waals surface area contributed by atoms with E-state index in [1.165, 1.54) is 36.4 Å². The van der Waals surface area contributed by atoms with Gasteiger partial charge >= 0.3 is 0 Å². The summed E-state index contributed by atoms with van der Waals surface area (Å²) in [6.07, 6.45) is 0. The van der Waals surface area contributed by atoms with Gasteiger partial charge in [0.1, 0.15) is 45.2 Å². The molecule has 7 rings (SSSR count). The van der Waals surface area contributed by atoms with E-state index in [-0.39, 0.29) is 39.3 Å². The highest BCUT2D eigenvalue weighted by Crippen LogP contribution is 2.37. The Kier molecular flexibility index (Phi) is 4.84. The lowest BCUT2D eigenvalue weighted by Gasteiger charge is -2.11. The van der Waals surface area contributed by atoms with Crippen LogP contribution in [0.15, 0.2) is 36.4 Å². The molecule has 0 aliphatic rings. The molecule has 0 spiro atoms. The van der Waals surface area contributed by atoms with Gasteiger partial charge in [-0.1, -0.05) is 0 Å². The van der Waals surface area contributed by atoms with Crippen LogP contribution in [0.2, 0.25) is 0 Å². The summed E-state index contributed by atoms with van der Waals surface area (Å²) >= 11 is 0. The van der Waals surface area contributed by atoms with E-state index >= 15 is 0 Å². The van der Waals surface area contributed by atoms with Crippen LogP contribution in [0.1, 0.15) is 16.7 Å². The second-order valence-electron chi connectivity index (χ2n) is 9.01. The molecule has 0 saturated carbocycles. The third-order valence-corrected chi connectivity index (χ3v) is 6.74. The van der Waals surface area contributed by atoms with Crippen LogP contribution in [-0.2, 0) is 0 Å². The number of nitriles is 3. The van der Waals surface area contributed by atoms with Crippen molar-refractivity contribution >= 4 is 83.3 Å². The maximum atomic E-state index is 9.56. The Labute approximate surface area is 234 Å². The fourth-order valence-corrected chi connectivity index (χ4v) is 4.81. The van der Waals surface area contributed by atoms with Gasteiger partial charge in [-0.05, 0) is 36.4 Å². The summed E-state index contributed by atoms with van der Waals surface area (Å²) < 4.78 is 0. The zero-order chi connectivity index (χ0) is 29.1. The summed E-state index contributed by atoms with van der Waals surface area (Å²) in [6, 6.07) is 14.9. The Morgan fingerprint density at radius 1 is 0.405 bits per heavy atom. The third kappa shape index (κ3) is 3.22. The second-order valence-corrected chi connectivity index (χ2v) is 9.01. The quantitative estimate of drug-likeness (QED) is 0.124. The number of hydrogen-bond donors (Lipinski definition) is 0. The molecular formula is C30H6N12. The molecule has 42 heavy (non-hydrogen) atoms. The predicted molar refractivity (Wildman–Crippen MR) is 151 cm³/mol. The largest absolute Gasteiger partial charge is 0.250 e. The minimum atomic E-state index is 0.122. The molecule has 186 valence electrons. The van der Waals surface area contributed by atoms with Crippen molar-refractivity contribution in [2.24, 2.45) is 0 Å². The minimum absolute atomic E-state index is 0.122. The molecule has 0 aliphatic carbocycles. The van der Waals surface area contributed by atoms with Crippen molar-refractivity contribution in [2.75, 3.05) is 0 Å². The molecule has 12 nitrogen and oxygen atoms in total. The lowest BCUT2D eigenvalue weighted by Crippen LogP contribution is -2.00. The Bertz CT molecular complexity index is 2190. The molecule has 0 amide bonds. The molecule has 0 saturated heterocycles. The van der Waals surface area contributed by atoms with Gasteiger partial charge in [-0.3, -0.25) is 9.69 Å². The number of hydrogen-bond acceptors (Lipinski definition) is 9. The lowest BCUT2D eigenvalue weighted by atomic mass is 10.1. The molecule has 0 unspecified atom stereocenters. The number of rotatable bonds is 0. The van der Waals surface area contributed by atoms with Crippen LogP contribution >= 0.6 is 0 Å². The number of aromatic nitrogens is 6. The van der Waals surface area contributed by atoms with Gasteiger partial charge in [-0.2, -0.15) is 15.8 Å². The fraction of sp³-hybridized carbons (Fsp3) is 0. The molecule has 0 atom stereocenters. The zero-order valence-corrected chi connectivity index (χ0v) is 20.8. The molecule has 0 bridgehead atoms. The van der Waals surface area contributed by atoms with Gasteiger partial charge in [-0.15, -0.1) is 0 Å². The lowest BCUT2D eigenvalue weighted by molar-refractivity contribution is 1.33. The van der Waals surface area contributed by atoms with E-state index < -0.39 is 0 Å². The van der Waals surface area contributed by atoms with Crippen molar-refractivity contribution in [1.29, 1.82) is 15.8 Å². The van der Waals surface area contributed by atoms with E-state index in [9.17, 15) is 15.8 Å². The SMILES string of the molecule is [C-]#[N+]c1cc2nc3c(nc2cc1C#N)c1nc2cc(C#N)c(C#N)cc2nc1c1nc2cc([N+]#[C-])c([N+]#[C-])cc2nc31. The maximum absolute atomic E-state index is 9.56. The fourth-order valence-electron chi connectivity index (χ4n) is 4.81. The van der Waals surface area contributed by atoms with Gasteiger partial charge in [-0.25, -0.2) is 34.7 Å². The van der Waals surface area contributed by atoms with Crippen molar-refractivity contribution in [3.8, 4) is 18.2 Å². The molecule has 4 aromatic carbocycles. The molecule has 0 aliphatic heterocycles. The van der Waals surface area contributed by atoms with Crippen molar-refractivity contribution in [1.82, 2.24) is 29.9 Å². The van der Waals surface area contributed by atoms with Crippen LogP contribution in [0, 0.1) is 53.7 Å². The van der Waals surface area contributed by atoms with E-state index in [0.29, 0.717) is 60.7 Å². The summed E-state index contributed by atoms with van der Waals surface area (Å²) in [5.74, 6) is 0. The maximum Gasteiger partial charge on any atom is 0.206 e. The average Bonchev–Trinajstić information content (AvgIpc) is 3.03. The van der Waals surface area contributed by atoms with Crippen molar-refractivity contribution in [3.63, 3.8) is 0 Å². The summed E-state index contributed by atoms with van der Waals surface area (Å²) in [6.45, 7) is 22.4. The first-order valence-corrected chi connectivity index (χ1v) is 11.9. The van der Waals surface area contributed by atoms with Gasteiger partial charge in [0.2, 0.25) is 5.69 Å². The molecule has 0 radical (unpaired) electrons. The summed E-state index contributed by atoms with van der Waals surface area (Å²) in [5, 5.41) is 28.7. The van der Waals surface area contributed by atoms with E-state index in [2.05, 4.69) is 14.5 Å². The average molecular weight is 534 g/mol. The second kappa shape index (κ2) is 8.57. The minimum Gasteiger partial charge on any atom is -0.250 e. The van der Waals surface area contributed by atoms with Gasteiger partial charge in [0, 0.05) is 0 Å². The van der Waals surface area contributed by atoms with Crippen LogP contribution in [0.25, 0.3) is 80.7 Å². The highest BCUT2D eigenvalue weighted by molar-refractivity contribution is 6.21. The molecule has 12 heteroatoms. The topological polar surface area (TPSA) is 162 Å². The van der Waals surface area contributed by atoms with E-state index in [1.54, 1.807) is 0 Å². The first-order chi connectivity index (χ1) is 20.5. The Morgan fingerprint density at radius 2 is 0.667 bits per heavy atom. The summed E-state index contributed by atoms with van der Waals surface area (Å²) in [4.78, 5) is 38.9. The predicted octanol–water partition coefficient (Wildman–Crippen LogP) is 6.24. The number of fused-ring (bicyclic) bond motifs is 9. The number of benzene rings is 4. The molecule has 0 N–H and O–H groups in total. The highest BCUT2D eigenvalue weighted by atomic mass is 14.9. The Morgan fingerprint density at radius 3 is 0.952 bits per heavy atom. The Hall–Kier alpha value is -7.38. The van der Waals surface area contributed by atoms with Gasteiger partial charge in [0.05, 0.1) is 75.6 Å². The van der Waals surface area contributed by atoms with Crippen molar-refractivity contribution in [3.05, 3.63) is 87.3 Å². The normalized spacial score (nSPS) is 10.7. The monoisotopic (exact) mass is 534 g/mol.